The van der Waals surface area contributed by atoms with Crippen molar-refractivity contribution in [2.24, 2.45) is 0 Å². The third-order valence-corrected chi connectivity index (χ3v) is 5.90. The van der Waals surface area contributed by atoms with Gasteiger partial charge in [0.25, 0.3) is 5.56 Å². The van der Waals surface area contributed by atoms with E-state index < -0.39 is 6.04 Å². The first kappa shape index (κ1) is 17.6. The fourth-order valence-corrected chi connectivity index (χ4v) is 4.14. The van der Waals surface area contributed by atoms with E-state index in [-0.39, 0.29) is 17.5 Å². The maximum absolute atomic E-state index is 12.7. The highest BCUT2D eigenvalue weighted by molar-refractivity contribution is 7.14. The van der Waals surface area contributed by atoms with Gasteiger partial charge in [0, 0.05) is 0 Å². The molecule has 27 heavy (non-hydrogen) atoms. The number of ether oxygens (including phenoxy) is 2. The van der Waals surface area contributed by atoms with Gasteiger partial charge >= 0.3 is 0 Å². The lowest BCUT2D eigenvalue weighted by Crippen LogP contribution is -2.35. The number of benzene rings is 2. The minimum atomic E-state index is -0.588. The average Bonchev–Trinajstić information content (AvgIpc) is 3.03. The normalized spacial score (nSPS) is 15.3. The summed E-state index contributed by atoms with van der Waals surface area (Å²) >= 11 is 1.31. The highest BCUT2D eigenvalue weighted by Crippen LogP contribution is 2.32. The van der Waals surface area contributed by atoms with Gasteiger partial charge in [-0.3, -0.25) is 13.5 Å². The molecule has 1 aliphatic rings. The van der Waals surface area contributed by atoms with Crippen molar-refractivity contribution in [3.8, 4) is 11.5 Å². The Morgan fingerprint density at radius 3 is 2.63 bits per heavy atom. The van der Waals surface area contributed by atoms with Gasteiger partial charge in [-0.25, -0.2) is 0 Å². The second-order valence-corrected chi connectivity index (χ2v) is 7.54. The molecule has 0 spiro atoms. The van der Waals surface area contributed by atoms with Crippen LogP contribution in [0.2, 0.25) is 0 Å². The van der Waals surface area contributed by atoms with Crippen molar-refractivity contribution in [3.63, 3.8) is 0 Å². The second kappa shape index (κ2) is 7.08. The van der Waals surface area contributed by atoms with Gasteiger partial charge in [-0.1, -0.05) is 29.7 Å². The Morgan fingerprint density at radius 2 is 1.85 bits per heavy atom. The van der Waals surface area contributed by atoms with E-state index in [0.29, 0.717) is 30.1 Å². The predicted octanol–water partition coefficient (Wildman–Crippen LogP) is 3.27. The third kappa shape index (κ3) is 3.30. The van der Waals surface area contributed by atoms with E-state index >= 15 is 0 Å². The van der Waals surface area contributed by atoms with Gasteiger partial charge < -0.3 is 14.8 Å². The zero-order chi connectivity index (χ0) is 19.0. The summed E-state index contributed by atoms with van der Waals surface area (Å²) in [7, 11) is 0. The lowest BCUT2D eigenvalue weighted by Gasteiger charge is -2.22. The maximum atomic E-state index is 12.7. The van der Waals surface area contributed by atoms with Crippen LogP contribution in [0, 0.1) is 0 Å². The first-order chi connectivity index (χ1) is 13.0. The number of nitrogens with one attached hydrogen (secondary N) is 1. The molecule has 3 aromatic rings. The summed E-state index contributed by atoms with van der Waals surface area (Å²) in [6, 6.07) is 12.2. The molecule has 0 saturated heterocycles. The van der Waals surface area contributed by atoms with Crippen molar-refractivity contribution in [3.05, 3.63) is 58.4 Å². The van der Waals surface area contributed by atoms with Crippen molar-refractivity contribution in [1.29, 1.82) is 0 Å². The first-order valence-electron chi connectivity index (χ1n) is 8.85. The molecule has 1 N–H and O–H groups in total. The summed E-state index contributed by atoms with van der Waals surface area (Å²) < 4.78 is 13.5. The van der Waals surface area contributed by atoms with Crippen molar-refractivity contribution in [2.45, 2.75) is 25.9 Å². The Morgan fingerprint density at radius 1 is 1.11 bits per heavy atom. The van der Waals surface area contributed by atoms with Gasteiger partial charge in [0.1, 0.15) is 19.3 Å². The van der Waals surface area contributed by atoms with Crippen molar-refractivity contribution in [2.75, 3.05) is 13.2 Å². The summed E-state index contributed by atoms with van der Waals surface area (Å²) in [6.45, 7) is 4.70. The molecule has 1 aliphatic heterocycles. The Labute approximate surface area is 160 Å². The molecule has 1 amide bonds. The van der Waals surface area contributed by atoms with Crippen LogP contribution in [0.5, 0.6) is 11.5 Å². The number of aromatic nitrogens is 1. The summed E-state index contributed by atoms with van der Waals surface area (Å²) in [4.78, 5) is 25.3. The Bertz CT molecular complexity index is 1060. The monoisotopic (exact) mass is 384 g/mol. The molecule has 0 saturated carbocycles. The summed E-state index contributed by atoms with van der Waals surface area (Å²) in [5.74, 6) is 1.20. The molecule has 0 unspecified atom stereocenters. The van der Waals surface area contributed by atoms with Crippen molar-refractivity contribution in [1.82, 2.24) is 9.27 Å². The van der Waals surface area contributed by atoms with Crippen LogP contribution >= 0.6 is 11.5 Å². The molecule has 140 valence electrons. The fraction of sp³-hybridized carbons (Fsp3) is 0.300. The number of rotatable bonds is 4. The van der Waals surface area contributed by atoms with Crippen LogP contribution in [0.3, 0.4) is 0 Å². The molecular weight excluding hydrogens is 364 g/mol. The van der Waals surface area contributed by atoms with Crippen LogP contribution in [-0.2, 0) is 4.79 Å². The number of amides is 1. The van der Waals surface area contributed by atoms with Crippen LogP contribution in [-0.4, -0.2) is 23.1 Å². The fourth-order valence-electron chi connectivity index (χ4n) is 3.10. The first-order valence-corrected chi connectivity index (χ1v) is 9.62. The SMILES string of the molecule is C[C@@H](NC(=O)[C@H](C)n1sc2ccccc2c1=O)c1ccc2c(c1)OCCO2. The molecule has 4 rings (SSSR count). The minimum absolute atomic E-state index is 0.134. The van der Waals surface area contributed by atoms with Gasteiger partial charge in [-0.2, -0.15) is 0 Å². The molecule has 0 bridgehead atoms. The van der Waals surface area contributed by atoms with E-state index in [9.17, 15) is 9.59 Å². The number of hydrogen-bond acceptors (Lipinski definition) is 5. The largest absolute Gasteiger partial charge is 0.486 e. The molecular formula is C20H20N2O4S. The average molecular weight is 384 g/mol. The highest BCUT2D eigenvalue weighted by atomic mass is 32.1. The van der Waals surface area contributed by atoms with Crippen LogP contribution in [0.4, 0.5) is 0 Å². The van der Waals surface area contributed by atoms with E-state index in [1.54, 1.807) is 13.0 Å². The van der Waals surface area contributed by atoms with E-state index in [0.717, 1.165) is 10.3 Å². The van der Waals surface area contributed by atoms with Gasteiger partial charge in [0.15, 0.2) is 11.5 Å². The quantitative estimate of drug-likeness (QED) is 0.750. The van der Waals surface area contributed by atoms with E-state index in [4.69, 9.17) is 9.47 Å². The molecule has 0 radical (unpaired) electrons. The number of hydrogen-bond donors (Lipinski definition) is 1. The van der Waals surface area contributed by atoms with Gasteiger partial charge in [0.05, 0.1) is 16.1 Å². The van der Waals surface area contributed by atoms with Crippen LogP contribution in [0.1, 0.15) is 31.5 Å². The van der Waals surface area contributed by atoms with Crippen molar-refractivity contribution < 1.29 is 14.3 Å². The number of carbonyl (C=O) groups excluding carboxylic acids is 1. The molecule has 2 heterocycles. The number of nitrogens with zero attached hydrogens (tertiary/aromatic N) is 1. The van der Waals surface area contributed by atoms with Gasteiger partial charge in [-0.05, 0) is 43.7 Å². The highest BCUT2D eigenvalue weighted by Gasteiger charge is 2.22. The Balaban J connectivity index is 1.52. The third-order valence-electron chi connectivity index (χ3n) is 4.67. The summed E-state index contributed by atoms with van der Waals surface area (Å²) in [6.07, 6.45) is 0. The van der Waals surface area contributed by atoms with E-state index in [1.165, 1.54) is 15.5 Å². The number of fused-ring (bicyclic) bond motifs is 2. The lowest BCUT2D eigenvalue weighted by atomic mass is 10.1. The van der Waals surface area contributed by atoms with Gasteiger partial charge in [-0.15, -0.1) is 0 Å². The van der Waals surface area contributed by atoms with Crippen LogP contribution < -0.4 is 20.3 Å². The summed E-state index contributed by atoms with van der Waals surface area (Å²) in [5, 5.41) is 3.63. The molecule has 0 fully saturated rings. The second-order valence-electron chi connectivity index (χ2n) is 6.53. The maximum Gasteiger partial charge on any atom is 0.269 e. The Kier molecular flexibility index (Phi) is 4.61. The smallest absolute Gasteiger partial charge is 0.269 e. The molecule has 0 aliphatic carbocycles. The molecule has 2 atom stereocenters. The topological polar surface area (TPSA) is 69.6 Å². The van der Waals surface area contributed by atoms with E-state index in [2.05, 4.69) is 5.32 Å². The predicted molar refractivity (Wildman–Crippen MR) is 105 cm³/mol. The zero-order valence-electron chi connectivity index (χ0n) is 15.1. The molecule has 2 aromatic carbocycles. The lowest BCUT2D eigenvalue weighted by molar-refractivity contribution is -0.124. The summed E-state index contributed by atoms with van der Waals surface area (Å²) in [5.41, 5.74) is 0.786. The van der Waals surface area contributed by atoms with Crippen LogP contribution in [0.15, 0.2) is 47.3 Å². The molecule has 6 nitrogen and oxygen atoms in total. The minimum Gasteiger partial charge on any atom is -0.486 e. The molecule has 7 heteroatoms. The van der Waals surface area contributed by atoms with Crippen molar-refractivity contribution >= 4 is 27.5 Å². The molecule has 1 aromatic heterocycles. The van der Waals surface area contributed by atoms with E-state index in [1.807, 2.05) is 43.3 Å². The number of carbonyl (C=O) groups is 1. The standard InChI is InChI=1S/C20H20N2O4S/c1-12(14-7-8-16-17(11-14)26-10-9-25-16)21-19(23)13(2)22-20(24)15-5-3-4-6-18(15)27-22/h3-8,11-13H,9-10H2,1-2H3,(H,21,23)/t12-,13+/m1/s1. The van der Waals surface area contributed by atoms with Gasteiger partial charge in [0.2, 0.25) is 5.91 Å². The Hall–Kier alpha value is -2.80. The van der Waals surface area contributed by atoms with Crippen LogP contribution in [0.25, 0.3) is 10.1 Å². The zero-order valence-corrected chi connectivity index (χ0v) is 15.9.